The fourth-order valence-corrected chi connectivity index (χ4v) is 2.02. The van der Waals surface area contributed by atoms with Gasteiger partial charge >= 0.3 is 0 Å². The predicted octanol–water partition coefficient (Wildman–Crippen LogP) is 3.89. The third kappa shape index (κ3) is 3.53. The summed E-state index contributed by atoms with van der Waals surface area (Å²) in [5, 5.41) is 0.608. The predicted molar refractivity (Wildman–Crippen MR) is 71.4 cm³/mol. The van der Waals surface area contributed by atoms with E-state index in [9.17, 15) is 0 Å². The SMILES string of the molecule is CCCOc1cc(OC2C[C@@H](C)CO2)ccc1Cl. The molecular weight excluding hydrogens is 252 g/mol. The molecule has 2 rings (SSSR count). The number of hydrogen-bond donors (Lipinski definition) is 0. The molecule has 0 radical (unpaired) electrons. The van der Waals surface area contributed by atoms with Crippen LogP contribution in [0.25, 0.3) is 0 Å². The van der Waals surface area contributed by atoms with E-state index in [2.05, 4.69) is 13.8 Å². The second-order valence-electron chi connectivity index (χ2n) is 4.66. The standard InChI is InChI=1S/C14H19ClO3/c1-3-6-16-13-8-11(4-5-12(13)15)18-14-7-10(2)9-17-14/h4-5,8,10,14H,3,6-7,9H2,1-2H3/t10-,14?/m1/s1. The van der Waals surface area contributed by atoms with Gasteiger partial charge in [0.25, 0.3) is 0 Å². The largest absolute Gasteiger partial charge is 0.492 e. The van der Waals surface area contributed by atoms with Crippen LogP contribution in [0.4, 0.5) is 0 Å². The maximum Gasteiger partial charge on any atom is 0.200 e. The van der Waals surface area contributed by atoms with Gasteiger partial charge in [0.05, 0.1) is 18.2 Å². The first-order chi connectivity index (χ1) is 8.69. The zero-order valence-electron chi connectivity index (χ0n) is 10.8. The highest BCUT2D eigenvalue weighted by atomic mass is 35.5. The van der Waals surface area contributed by atoms with E-state index in [4.69, 9.17) is 25.8 Å². The molecule has 1 unspecified atom stereocenters. The van der Waals surface area contributed by atoms with Crippen molar-refractivity contribution >= 4 is 11.6 Å². The number of benzene rings is 1. The summed E-state index contributed by atoms with van der Waals surface area (Å²) in [5.74, 6) is 1.96. The molecule has 0 aromatic heterocycles. The van der Waals surface area contributed by atoms with Gasteiger partial charge in [0.1, 0.15) is 11.5 Å². The molecule has 0 saturated carbocycles. The highest BCUT2D eigenvalue weighted by Crippen LogP contribution is 2.31. The fourth-order valence-electron chi connectivity index (χ4n) is 1.85. The monoisotopic (exact) mass is 270 g/mol. The third-order valence-electron chi connectivity index (χ3n) is 2.79. The van der Waals surface area contributed by atoms with Crippen molar-refractivity contribution in [1.82, 2.24) is 0 Å². The van der Waals surface area contributed by atoms with Crippen molar-refractivity contribution in [2.24, 2.45) is 5.92 Å². The van der Waals surface area contributed by atoms with Crippen LogP contribution < -0.4 is 9.47 Å². The summed E-state index contributed by atoms with van der Waals surface area (Å²) < 4.78 is 16.8. The first kappa shape index (κ1) is 13.5. The van der Waals surface area contributed by atoms with Crippen molar-refractivity contribution in [2.75, 3.05) is 13.2 Å². The van der Waals surface area contributed by atoms with Gasteiger partial charge in [-0.15, -0.1) is 0 Å². The van der Waals surface area contributed by atoms with E-state index in [1.54, 1.807) is 6.07 Å². The summed E-state index contributed by atoms with van der Waals surface area (Å²) in [5.41, 5.74) is 0. The van der Waals surface area contributed by atoms with E-state index in [0.717, 1.165) is 25.2 Å². The molecule has 1 fully saturated rings. The Kier molecular flexibility index (Phi) is 4.72. The topological polar surface area (TPSA) is 27.7 Å². The highest BCUT2D eigenvalue weighted by molar-refractivity contribution is 6.32. The summed E-state index contributed by atoms with van der Waals surface area (Å²) in [6.07, 6.45) is 1.72. The van der Waals surface area contributed by atoms with Gasteiger partial charge < -0.3 is 14.2 Å². The van der Waals surface area contributed by atoms with Crippen molar-refractivity contribution in [3.8, 4) is 11.5 Å². The molecule has 1 aromatic rings. The van der Waals surface area contributed by atoms with Crippen LogP contribution >= 0.6 is 11.6 Å². The molecule has 0 amide bonds. The van der Waals surface area contributed by atoms with Crippen LogP contribution in [0.1, 0.15) is 26.7 Å². The summed E-state index contributed by atoms with van der Waals surface area (Å²) in [4.78, 5) is 0. The molecular formula is C14H19ClO3. The van der Waals surface area contributed by atoms with Gasteiger partial charge in [-0.05, 0) is 24.5 Å². The molecule has 0 bridgehead atoms. The lowest BCUT2D eigenvalue weighted by molar-refractivity contribution is -0.0394. The molecule has 0 spiro atoms. The molecule has 0 N–H and O–H groups in total. The minimum Gasteiger partial charge on any atom is -0.492 e. The Balaban J connectivity index is 2.00. The van der Waals surface area contributed by atoms with Gasteiger partial charge in [0.15, 0.2) is 6.29 Å². The van der Waals surface area contributed by atoms with Crippen LogP contribution in [0.3, 0.4) is 0 Å². The lowest BCUT2D eigenvalue weighted by Crippen LogP contribution is -2.14. The van der Waals surface area contributed by atoms with Gasteiger partial charge in [0, 0.05) is 12.5 Å². The lowest BCUT2D eigenvalue weighted by atomic mass is 10.1. The molecule has 0 aliphatic carbocycles. The second-order valence-corrected chi connectivity index (χ2v) is 5.07. The number of halogens is 1. The van der Waals surface area contributed by atoms with Crippen LogP contribution in [-0.2, 0) is 4.74 Å². The molecule has 1 aromatic carbocycles. The van der Waals surface area contributed by atoms with Crippen LogP contribution in [-0.4, -0.2) is 19.5 Å². The summed E-state index contributed by atoms with van der Waals surface area (Å²) in [7, 11) is 0. The van der Waals surface area contributed by atoms with E-state index < -0.39 is 0 Å². The Hall–Kier alpha value is -0.930. The smallest absolute Gasteiger partial charge is 0.200 e. The summed E-state index contributed by atoms with van der Waals surface area (Å²) in [6.45, 7) is 5.63. The molecule has 100 valence electrons. The van der Waals surface area contributed by atoms with Gasteiger partial charge in [-0.3, -0.25) is 0 Å². The van der Waals surface area contributed by atoms with E-state index >= 15 is 0 Å². The van der Waals surface area contributed by atoms with Crippen LogP contribution in [0.2, 0.25) is 5.02 Å². The maximum atomic E-state index is 6.06. The molecule has 4 heteroatoms. The molecule has 1 aliphatic heterocycles. The minimum absolute atomic E-state index is 0.153. The fraction of sp³-hybridized carbons (Fsp3) is 0.571. The van der Waals surface area contributed by atoms with Crippen LogP contribution in [0.5, 0.6) is 11.5 Å². The first-order valence-corrected chi connectivity index (χ1v) is 6.77. The molecule has 18 heavy (non-hydrogen) atoms. The van der Waals surface area contributed by atoms with Crippen molar-refractivity contribution in [1.29, 1.82) is 0 Å². The maximum absolute atomic E-state index is 6.06. The first-order valence-electron chi connectivity index (χ1n) is 6.39. The van der Waals surface area contributed by atoms with E-state index in [1.807, 2.05) is 12.1 Å². The van der Waals surface area contributed by atoms with Crippen molar-refractivity contribution in [3.05, 3.63) is 23.2 Å². The Morgan fingerprint density at radius 2 is 2.28 bits per heavy atom. The Morgan fingerprint density at radius 1 is 1.44 bits per heavy atom. The van der Waals surface area contributed by atoms with Crippen molar-refractivity contribution in [2.45, 2.75) is 33.0 Å². The molecule has 1 aliphatic rings. The van der Waals surface area contributed by atoms with E-state index in [-0.39, 0.29) is 6.29 Å². The minimum atomic E-state index is -0.153. The molecule has 2 atom stereocenters. The Labute approximate surface area is 113 Å². The van der Waals surface area contributed by atoms with Gasteiger partial charge in [-0.1, -0.05) is 25.4 Å². The Morgan fingerprint density at radius 3 is 2.94 bits per heavy atom. The molecule has 1 heterocycles. The molecule has 1 saturated heterocycles. The van der Waals surface area contributed by atoms with E-state index in [1.165, 1.54) is 0 Å². The van der Waals surface area contributed by atoms with Gasteiger partial charge in [-0.2, -0.15) is 0 Å². The normalized spacial score (nSPS) is 23.1. The number of hydrogen-bond acceptors (Lipinski definition) is 3. The third-order valence-corrected chi connectivity index (χ3v) is 3.11. The van der Waals surface area contributed by atoms with Gasteiger partial charge in [0.2, 0.25) is 0 Å². The van der Waals surface area contributed by atoms with Crippen molar-refractivity contribution in [3.63, 3.8) is 0 Å². The quantitative estimate of drug-likeness (QED) is 0.812. The summed E-state index contributed by atoms with van der Waals surface area (Å²) in [6, 6.07) is 5.46. The van der Waals surface area contributed by atoms with Crippen LogP contribution in [0.15, 0.2) is 18.2 Å². The number of ether oxygens (including phenoxy) is 3. The highest BCUT2D eigenvalue weighted by Gasteiger charge is 2.23. The van der Waals surface area contributed by atoms with Crippen molar-refractivity contribution < 1.29 is 14.2 Å². The summed E-state index contributed by atoms with van der Waals surface area (Å²) >= 11 is 6.06. The Bertz CT molecular complexity index is 395. The van der Waals surface area contributed by atoms with E-state index in [0.29, 0.717) is 23.3 Å². The van der Waals surface area contributed by atoms with Gasteiger partial charge in [-0.25, -0.2) is 0 Å². The van der Waals surface area contributed by atoms with Crippen LogP contribution in [0, 0.1) is 5.92 Å². The lowest BCUT2D eigenvalue weighted by Gasteiger charge is -2.14. The average molecular weight is 271 g/mol. The second kappa shape index (κ2) is 6.30. The number of rotatable bonds is 5. The zero-order valence-corrected chi connectivity index (χ0v) is 11.6. The average Bonchev–Trinajstić information content (AvgIpc) is 2.75. The molecule has 3 nitrogen and oxygen atoms in total. The zero-order chi connectivity index (χ0) is 13.0.